The zero-order valence-corrected chi connectivity index (χ0v) is 28.4. The van der Waals surface area contributed by atoms with Gasteiger partial charge in [0.2, 0.25) is 0 Å². The zero-order chi connectivity index (χ0) is 34.0. The van der Waals surface area contributed by atoms with Gasteiger partial charge in [-0.2, -0.15) is 0 Å². The standard InChI is InChI=1S/C44H39BN2O2/c1-43(2,48)44(3,4)49-45-35-25-23-32(24-26-35)36-27-28-39(38-18-12-11-17-37(36)38)41-29-40(46-42(47-41)34-15-9-6-10-16-34)33-21-19-31(20-22-33)30-13-7-5-8-14-30/h5-29,45,48H,1-4H3. The summed E-state index contributed by atoms with van der Waals surface area (Å²) in [5.41, 5.74) is 8.88. The molecule has 0 aliphatic carbocycles. The second-order valence-corrected chi connectivity index (χ2v) is 13.5. The third-order valence-corrected chi connectivity index (χ3v) is 9.58. The van der Waals surface area contributed by atoms with Gasteiger partial charge in [0, 0.05) is 16.7 Å². The number of hydrogen-bond donors (Lipinski definition) is 1. The van der Waals surface area contributed by atoms with E-state index in [1.165, 1.54) is 11.1 Å². The lowest BCUT2D eigenvalue weighted by molar-refractivity contribution is -0.0893. The van der Waals surface area contributed by atoms with Gasteiger partial charge in [-0.1, -0.05) is 151 Å². The van der Waals surface area contributed by atoms with Crippen molar-refractivity contribution >= 4 is 23.7 Å². The van der Waals surface area contributed by atoms with Gasteiger partial charge in [0.1, 0.15) is 0 Å². The second kappa shape index (κ2) is 13.3. The lowest BCUT2D eigenvalue weighted by Gasteiger charge is -2.37. The van der Waals surface area contributed by atoms with Gasteiger partial charge < -0.3 is 9.76 Å². The predicted octanol–water partition coefficient (Wildman–Crippen LogP) is 9.51. The van der Waals surface area contributed by atoms with Gasteiger partial charge in [-0.15, -0.1) is 0 Å². The van der Waals surface area contributed by atoms with Crippen molar-refractivity contribution in [2.75, 3.05) is 0 Å². The summed E-state index contributed by atoms with van der Waals surface area (Å²) in [6.07, 6.45) is 0. The van der Waals surface area contributed by atoms with Crippen LogP contribution >= 0.6 is 0 Å². The van der Waals surface area contributed by atoms with E-state index in [0.29, 0.717) is 13.3 Å². The molecule has 0 bridgehead atoms. The van der Waals surface area contributed by atoms with Gasteiger partial charge in [0.05, 0.1) is 22.6 Å². The fourth-order valence-corrected chi connectivity index (χ4v) is 5.91. The normalized spacial score (nSPS) is 11.9. The molecule has 0 fully saturated rings. The molecule has 7 rings (SSSR count). The largest absolute Gasteiger partial charge is 0.427 e. The van der Waals surface area contributed by atoms with Gasteiger partial charge in [-0.05, 0) is 66.8 Å². The van der Waals surface area contributed by atoms with Gasteiger partial charge in [0.25, 0.3) is 0 Å². The first kappa shape index (κ1) is 32.2. The highest BCUT2D eigenvalue weighted by Crippen LogP contribution is 2.37. The van der Waals surface area contributed by atoms with Crippen LogP contribution in [0.4, 0.5) is 0 Å². The Balaban J connectivity index is 1.27. The Morgan fingerprint density at radius 2 is 0.980 bits per heavy atom. The summed E-state index contributed by atoms with van der Waals surface area (Å²) in [5.74, 6) is 0.693. The second-order valence-electron chi connectivity index (χ2n) is 13.5. The van der Waals surface area contributed by atoms with Crippen molar-refractivity contribution in [3.05, 3.63) is 152 Å². The first-order chi connectivity index (χ1) is 23.7. The van der Waals surface area contributed by atoms with Crippen LogP contribution in [0.15, 0.2) is 152 Å². The Kier molecular flexibility index (Phi) is 8.72. The molecule has 0 saturated heterocycles. The molecule has 5 heteroatoms. The third kappa shape index (κ3) is 6.82. The fraction of sp³-hybridized carbons (Fsp3) is 0.136. The molecule has 0 amide bonds. The van der Waals surface area contributed by atoms with Crippen LogP contribution in [0.1, 0.15) is 27.7 Å². The molecular formula is C44H39BN2O2. The highest BCUT2D eigenvalue weighted by Gasteiger charge is 2.35. The minimum atomic E-state index is -0.951. The van der Waals surface area contributed by atoms with Crippen LogP contribution in [0, 0.1) is 0 Å². The molecule has 0 spiro atoms. The van der Waals surface area contributed by atoms with E-state index < -0.39 is 11.2 Å². The molecule has 1 aromatic heterocycles. The summed E-state index contributed by atoms with van der Waals surface area (Å²) in [6, 6.07) is 52.7. The number of benzene rings is 6. The molecule has 0 saturated carbocycles. The SMILES string of the molecule is CC(C)(O)C(C)(C)OBc1ccc(-c2ccc(-c3cc(-c4ccc(-c5ccccc5)cc4)nc(-c4ccccc4)n3)c3ccccc23)cc1. The van der Waals surface area contributed by atoms with Crippen molar-refractivity contribution < 1.29 is 9.76 Å². The van der Waals surface area contributed by atoms with Crippen molar-refractivity contribution in [1.29, 1.82) is 0 Å². The van der Waals surface area contributed by atoms with E-state index >= 15 is 0 Å². The Bertz CT molecular complexity index is 2210. The average Bonchev–Trinajstić information content (AvgIpc) is 3.14. The van der Waals surface area contributed by atoms with Crippen LogP contribution in [0.3, 0.4) is 0 Å². The summed E-state index contributed by atoms with van der Waals surface area (Å²) in [6.45, 7) is 7.39. The summed E-state index contributed by atoms with van der Waals surface area (Å²) in [4.78, 5) is 10.2. The maximum atomic E-state index is 10.5. The first-order valence-electron chi connectivity index (χ1n) is 16.7. The highest BCUT2D eigenvalue weighted by atomic mass is 16.5. The van der Waals surface area contributed by atoms with Crippen LogP contribution in [0.5, 0.6) is 0 Å². The van der Waals surface area contributed by atoms with Crippen molar-refractivity contribution in [2.45, 2.75) is 38.9 Å². The van der Waals surface area contributed by atoms with E-state index in [-0.39, 0.29) is 0 Å². The molecule has 0 aliphatic heterocycles. The molecular weight excluding hydrogens is 599 g/mol. The summed E-state index contributed by atoms with van der Waals surface area (Å²) in [5, 5.41) is 12.8. The monoisotopic (exact) mass is 638 g/mol. The predicted molar refractivity (Wildman–Crippen MR) is 205 cm³/mol. The molecule has 4 nitrogen and oxygen atoms in total. The van der Waals surface area contributed by atoms with E-state index in [9.17, 15) is 5.11 Å². The van der Waals surface area contributed by atoms with E-state index in [1.807, 2.05) is 38.1 Å². The van der Waals surface area contributed by atoms with Crippen molar-refractivity contribution in [3.63, 3.8) is 0 Å². The van der Waals surface area contributed by atoms with Crippen molar-refractivity contribution in [2.24, 2.45) is 0 Å². The third-order valence-electron chi connectivity index (χ3n) is 9.58. The molecule has 240 valence electrons. The van der Waals surface area contributed by atoms with Gasteiger partial charge in [-0.3, -0.25) is 0 Å². The molecule has 0 aliphatic rings. The first-order valence-corrected chi connectivity index (χ1v) is 16.7. The van der Waals surface area contributed by atoms with Crippen molar-refractivity contribution in [3.8, 4) is 56.2 Å². The Labute approximate surface area is 289 Å². The lowest BCUT2D eigenvalue weighted by Crippen LogP contribution is -2.49. The molecule has 0 atom stereocenters. The fourth-order valence-electron chi connectivity index (χ4n) is 5.91. The molecule has 1 N–H and O–H groups in total. The van der Waals surface area contributed by atoms with Gasteiger partial charge >= 0.3 is 7.48 Å². The molecule has 0 radical (unpaired) electrons. The van der Waals surface area contributed by atoms with Crippen LogP contribution in [-0.2, 0) is 4.65 Å². The summed E-state index contributed by atoms with van der Waals surface area (Å²) < 4.78 is 6.11. The zero-order valence-electron chi connectivity index (χ0n) is 28.4. The van der Waals surface area contributed by atoms with Crippen LogP contribution in [0.2, 0.25) is 0 Å². The quantitative estimate of drug-likeness (QED) is 0.160. The molecule has 1 heterocycles. The topological polar surface area (TPSA) is 55.2 Å². The summed E-state index contributed by atoms with van der Waals surface area (Å²) in [7, 11) is 0.422. The maximum Gasteiger partial charge on any atom is 0.309 e. The van der Waals surface area contributed by atoms with Crippen LogP contribution < -0.4 is 5.46 Å². The molecule has 6 aromatic carbocycles. The molecule has 49 heavy (non-hydrogen) atoms. The number of aromatic nitrogens is 2. The van der Waals surface area contributed by atoms with E-state index in [2.05, 4.69) is 127 Å². The minimum absolute atomic E-state index is 0.422. The van der Waals surface area contributed by atoms with Crippen LogP contribution in [0.25, 0.3) is 66.9 Å². The Hall–Kier alpha value is -5.36. The van der Waals surface area contributed by atoms with Gasteiger partial charge in [0.15, 0.2) is 5.82 Å². The maximum absolute atomic E-state index is 10.5. The highest BCUT2D eigenvalue weighted by molar-refractivity contribution is 6.47. The van der Waals surface area contributed by atoms with E-state index in [4.69, 9.17) is 14.6 Å². The van der Waals surface area contributed by atoms with Gasteiger partial charge in [-0.25, -0.2) is 9.97 Å². The Morgan fingerprint density at radius 3 is 1.61 bits per heavy atom. The number of nitrogens with zero attached hydrogens (tertiary/aromatic N) is 2. The molecule has 7 aromatic rings. The smallest absolute Gasteiger partial charge is 0.309 e. The number of aliphatic hydroxyl groups is 1. The van der Waals surface area contributed by atoms with E-state index in [1.54, 1.807) is 13.8 Å². The molecule has 0 unspecified atom stereocenters. The van der Waals surface area contributed by atoms with Crippen LogP contribution in [-0.4, -0.2) is 33.8 Å². The van der Waals surface area contributed by atoms with E-state index in [0.717, 1.165) is 55.4 Å². The number of hydrogen-bond acceptors (Lipinski definition) is 4. The number of fused-ring (bicyclic) bond motifs is 1. The number of rotatable bonds is 9. The minimum Gasteiger partial charge on any atom is -0.427 e. The lowest BCUT2D eigenvalue weighted by atomic mass is 9.82. The Morgan fingerprint density at radius 1 is 0.490 bits per heavy atom. The van der Waals surface area contributed by atoms with Crippen molar-refractivity contribution in [1.82, 2.24) is 9.97 Å². The average molecular weight is 639 g/mol. The summed E-state index contributed by atoms with van der Waals surface area (Å²) >= 11 is 0.